The van der Waals surface area contributed by atoms with Crippen LogP contribution in [0.15, 0.2) is 30.6 Å². The lowest BCUT2D eigenvalue weighted by Gasteiger charge is -2.17. The fourth-order valence-electron chi connectivity index (χ4n) is 3.38. The predicted molar refractivity (Wildman–Crippen MR) is 112 cm³/mol. The number of fused-ring (bicyclic) bond motifs is 1. The maximum atomic E-state index is 6.62. The second-order valence-corrected chi connectivity index (χ2v) is 6.69. The zero-order valence-corrected chi connectivity index (χ0v) is 17.5. The van der Waals surface area contributed by atoms with Crippen LogP contribution >= 0.6 is 11.6 Å². The fraction of sp³-hybridized carbons (Fsp3) is 0.318. The summed E-state index contributed by atoms with van der Waals surface area (Å²) in [5.41, 5.74) is 3.00. The first-order chi connectivity index (χ1) is 13.5. The number of pyridine rings is 1. The van der Waals surface area contributed by atoms with Crippen LogP contribution in [0.5, 0.6) is 23.0 Å². The smallest absolute Gasteiger partial charge is 0.204 e. The van der Waals surface area contributed by atoms with Gasteiger partial charge in [-0.1, -0.05) is 17.7 Å². The largest absolute Gasteiger partial charge is 0.494 e. The molecular weight excluding hydrogens is 378 g/mol. The molecule has 148 valence electrons. The first-order valence-corrected chi connectivity index (χ1v) is 9.39. The zero-order valence-electron chi connectivity index (χ0n) is 16.8. The molecule has 0 saturated heterocycles. The van der Waals surface area contributed by atoms with Gasteiger partial charge in [0.2, 0.25) is 5.75 Å². The fourth-order valence-corrected chi connectivity index (χ4v) is 3.67. The van der Waals surface area contributed by atoms with Crippen molar-refractivity contribution in [3.05, 3.63) is 52.3 Å². The summed E-state index contributed by atoms with van der Waals surface area (Å²) < 4.78 is 22.1. The molecule has 0 saturated carbocycles. The van der Waals surface area contributed by atoms with Crippen LogP contribution in [0, 0.1) is 6.92 Å². The molecule has 1 aromatic heterocycles. The Bertz CT molecular complexity index is 1000. The first kappa shape index (κ1) is 20.1. The summed E-state index contributed by atoms with van der Waals surface area (Å²) in [5, 5.41) is 2.67. The molecule has 6 heteroatoms. The average Bonchev–Trinajstić information content (AvgIpc) is 2.71. The summed E-state index contributed by atoms with van der Waals surface area (Å²) in [5.74, 6) is 2.38. The van der Waals surface area contributed by atoms with Gasteiger partial charge >= 0.3 is 0 Å². The minimum atomic E-state index is 0.460. The second-order valence-electron chi connectivity index (χ2n) is 6.31. The van der Waals surface area contributed by atoms with Gasteiger partial charge in [-0.2, -0.15) is 0 Å². The number of hydrogen-bond acceptors (Lipinski definition) is 5. The van der Waals surface area contributed by atoms with Crippen molar-refractivity contribution in [2.45, 2.75) is 20.3 Å². The Hall–Kier alpha value is -2.66. The molecule has 0 atom stereocenters. The van der Waals surface area contributed by atoms with E-state index in [1.54, 1.807) is 21.3 Å². The molecule has 0 fully saturated rings. The number of aromatic nitrogens is 1. The molecule has 0 spiro atoms. The van der Waals surface area contributed by atoms with E-state index in [1.807, 2.05) is 38.4 Å². The molecule has 5 nitrogen and oxygen atoms in total. The van der Waals surface area contributed by atoms with Crippen molar-refractivity contribution in [3.63, 3.8) is 0 Å². The monoisotopic (exact) mass is 401 g/mol. The van der Waals surface area contributed by atoms with Gasteiger partial charge in [-0.15, -0.1) is 0 Å². The Morgan fingerprint density at radius 1 is 0.893 bits per heavy atom. The van der Waals surface area contributed by atoms with Gasteiger partial charge in [0.05, 0.1) is 33.0 Å². The van der Waals surface area contributed by atoms with Crippen molar-refractivity contribution in [1.82, 2.24) is 4.98 Å². The Morgan fingerprint density at radius 2 is 1.64 bits per heavy atom. The summed E-state index contributed by atoms with van der Waals surface area (Å²) in [6.07, 6.45) is 4.31. The van der Waals surface area contributed by atoms with Gasteiger partial charge in [0.25, 0.3) is 0 Å². The minimum absolute atomic E-state index is 0.460. The highest BCUT2D eigenvalue weighted by atomic mass is 35.5. The maximum Gasteiger partial charge on any atom is 0.204 e. The third-order valence-corrected chi connectivity index (χ3v) is 5.19. The minimum Gasteiger partial charge on any atom is -0.494 e. The van der Waals surface area contributed by atoms with Crippen LogP contribution < -0.4 is 18.9 Å². The Morgan fingerprint density at radius 3 is 2.29 bits per heavy atom. The molecule has 28 heavy (non-hydrogen) atoms. The number of benzene rings is 2. The van der Waals surface area contributed by atoms with E-state index < -0.39 is 0 Å². The van der Waals surface area contributed by atoms with Crippen LogP contribution in [0.4, 0.5) is 0 Å². The molecule has 3 aromatic rings. The third kappa shape index (κ3) is 3.54. The van der Waals surface area contributed by atoms with Crippen LogP contribution in [0.25, 0.3) is 10.8 Å². The number of hydrogen-bond donors (Lipinski definition) is 0. The van der Waals surface area contributed by atoms with Crippen LogP contribution in [0.1, 0.15) is 23.6 Å². The standard InChI is InChI=1S/C22H24ClNO4/c1-6-28-18-8-7-16-15(11-24-12-17(16)13(18)2)9-14-10-19(25-3)21(26-4)22(27-5)20(14)23/h7-8,10-12H,6,9H2,1-5H3. The van der Waals surface area contributed by atoms with Crippen molar-refractivity contribution in [2.75, 3.05) is 27.9 Å². The normalized spacial score (nSPS) is 10.8. The topological polar surface area (TPSA) is 49.8 Å². The van der Waals surface area contributed by atoms with Crippen LogP contribution in [0.2, 0.25) is 5.02 Å². The number of methoxy groups -OCH3 is 3. The summed E-state index contributed by atoms with van der Waals surface area (Å²) in [6.45, 7) is 4.65. The van der Waals surface area contributed by atoms with Crippen LogP contribution in [-0.4, -0.2) is 32.9 Å². The predicted octanol–water partition coefficient (Wildman–Crippen LogP) is 5.21. The Balaban J connectivity index is 2.12. The van der Waals surface area contributed by atoms with Crippen molar-refractivity contribution in [3.8, 4) is 23.0 Å². The molecule has 0 aliphatic heterocycles. The van der Waals surface area contributed by atoms with E-state index in [1.165, 1.54) is 0 Å². The summed E-state index contributed by atoms with van der Waals surface area (Å²) in [6, 6.07) is 5.95. The van der Waals surface area contributed by atoms with Crippen molar-refractivity contribution >= 4 is 22.4 Å². The van der Waals surface area contributed by atoms with Crippen LogP contribution in [0.3, 0.4) is 0 Å². The highest BCUT2D eigenvalue weighted by molar-refractivity contribution is 6.33. The molecule has 0 radical (unpaired) electrons. The van der Waals surface area contributed by atoms with Gasteiger partial charge in [-0.05, 0) is 42.5 Å². The molecule has 0 N–H and O–H groups in total. The Kier molecular flexibility index (Phi) is 6.15. The SMILES string of the molecule is CCOc1ccc2c(Cc3cc(OC)c(OC)c(OC)c3Cl)cncc2c1C. The molecule has 0 amide bonds. The number of ether oxygens (including phenoxy) is 4. The van der Waals surface area contributed by atoms with Crippen molar-refractivity contribution < 1.29 is 18.9 Å². The van der Waals surface area contributed by atoms with Gasteiger partial charge in [0.15, 0.2) is 11.5 Å². The third-order valence-electron chi connectivity index (χ3n) is 4.77. The average molecular weight is 402 g/mol. The lowest BCUT2D eigenvalue weighted by atomic mass is 9.98. The molecule has 0 bridgehead atoms. The molecule has 0 unspecified atom stereocenters. The van der Waals surface area contributed by atoms with E-state index in [2.05, 4.69) is 11.1 Å². The molecular formula is C22H24ClNO4. The number of halogens is 1. The van der Waals surface area contributed by atoms with Gasteiger partial charge in [-0.25, -0.2) is 0 Å². The lowest BCUT2D eigenvalue weighted by molar-refractivity contribution is 0.324. The highest BCUT2D eigenvalue weighted by Crippen LogP contribution is 2.45. The summed E-state index contributed by atoms with van der Waals surface area (Å²) >= 11 is 6.62. The summed E-state index contributed by atoms with van der Waals surface area (Å²) in [4.78, 5) is 4.43. The van der Waals surface area contributed by atoms with Gasteiger partial charge < -0.3 is 18.9 Å². The number of nitrogens with zero attached hydrogens (tertiary/aromatic N) is 1. The molecule has 1 heterocycles. The Labute approximate surface area is 170 Å². The molecule has 2 aromatic carbocycles. The van der Waals surface area contributed by atoms with E-state index >= 15 is 0 Å². The van der Waals surface area contributed by atoms with Crippen molar-refractivity contribution in [2.24, 2.45) is 0 Å². The van der Waals surface area contributed by atoms with Gasteiger partial charge in [-0.3, -0.25) is 4.98 Å². The molecule has 0 aliphatic carbocycles. The second kappa shape index (κ2) is 8.57. The van der Waals surface area contributed by atoms with Gasteiger partial charge in [0.1, 0.15) is 5.75 Å². The highest BCUT2D eigenvalue weighted by Gasteiger charge is 2.20. The van der Waals surface area contributed by atoms with E-state index in [9.17, 15) is 0 Å². The zero-order chi connectivity index (χ0) is 20.3. The van der Waals surface area contributed by atoms with Crippen molar-refractivity contribution in [1.29, 1.82) is 0 Å². The number of rotatable bonds is 7. The molecule has 3 rings (SSSR count). The quantitative estimate of drug-likeness (QED) is 0.543. The molecule has 0 aliphatic rings. The van der Waals surface area contributed by atoms with E-state index in [0.29, 0.717) is 35.3 Å². The summed E-state index contributed by atoms with van der Waals surface area (Å²) in [7, 11) is 4.71. The lowest BCUT2D eigenvalue weighted by Crippen LogP contribution is -2.01. The number of aryl methyl sites for hydroxylation is 1. The first-order valence-electron chi connectivity index (χ1n) is 9.01. The van der Waals surface area contributed by atoms with E-state index in [4.69, 9.17) is 30.5 Å². The van der Waals surface area contributed by atoms with Crippen LogP contribution in [-0.2, 0) is 6.42 Å². The van der Waals surface area contributed by atoms with E-state index in [0.717, 1.165) is 33.2 Å². The van der Waals surface area contributed by atoms with Gasteiger partial charge in [0, 0.05) is 29.8 Å². The maximum absolute atomic E-state index is 6.62. The van der Waals surface area contributed by atoms with E-state index in [-0.39, 0.29) is 0 Å².